The summed E-state index contributed by atoms with van der Waals surface area (Å²) < 4.78 is 0. The van der Waals surface area contributed by atoms with Gasteiger partial charge in [-0.3, -0.25) is 14.8 Å². The molecule has 2 heterocycles. The number of fused-ring (bicyclic) bond motifs is 1. The van der Waals surface area contributed by atoms with Crippen LogP contribution in [0.25, 0.3) is 11.0 Å². The average Bonchev–Trinajstić information content (AvgIpc) is 3.50. The molecule has 2 aliphatic rings. The zero-order chi connectivity index (χ0) is 20.6. The van der Waals surface area contributed by atoms with Crippen LogP contribution in [0.3, 0.4) is 0 Å². The highest BCUT2D eigenvalue weighted by atomic mass is 16.1. The largest absolute Gasteiger partial charge is 0.367 e. The number of hydrogen-bond acceptors (Lipinski definition) is 5. The molecule has 6 heteroatoms. The highest BCUT2D eigenvalue weighted by Gasteiger charge is 2.38. The molecule has 0 spiro atoms. The van der Waals surface area contributed by atoms with Crippen LogP contribution in [0.15, 0.2) is 24.5 Å². The second-order valence-electron chi connectivity index (χ2n) is 9.74. The number of carbonyl (C=O) groups excluding carboxylic acids is 1. The monoisotopic (exact) mass is 391 g/mol. The van der Waals surface area contributed by atoms with Gasteiger partial charge in [0.15, 0.2) is 0 Å². The van der Waals surface area contributed by atoms with Gasteiger partial charge in [-0.15, -0.1) is 0 Å². The van der Waals surface area contributed by atoms with Crippen LogP contribution in [0.2, 0.25) is 0 Å². The summed E-state index contributed by atoms with van der Waals surface area (Å²) in [4.78, 5) is 23.9. The third-order valence-electron chi connectivity index (χ3n) is 5.89. The molecule has 1 aromatic heterocycles. The quantitative estimate of drug-likeness (QED) is 0.860. The molecule has 0 radical (unpaired) electrons. The fraction of sp³-hybridized carbons (Fsp3) is 0.565. The number of hydrogen-bond donors (Lipinski definition) is 1. The summed E-state index contributed by atoms with van der Waals surface area (Å²) >= 11 is 0. The Morgan fingerprint density at radius 2 is 1.90 bits per heavy atom. The van der Waals surface area contributed by atoms with Crippen molar-refractivity contribution in [3.63, 3.8) is 0 Å². The fourth-order valence-electron chi connectivity index (χ4n) is 4.50. The van der Waals surface area contributed by atoms with E-state index in [1.165, 1.54) is 12.8 Å². The minimum absolute atomic E-state index is 0.0206. The summed E-state index contributed by atoms with van der Waals surface area (Å²) in [6.07, 6.45) is 7.45. The Morgan fingerprint density at radius 1 is 1.17 bits per heavy atom. The predicted octanol–water partition coefficient (Wildman–Crippen LogP) is 3.66. The summed E-state index contributed by atoms with van der Waals surface area (Å²) in [5.74, 6) is 1.46. The molecule has 6 nitrogen and oxygen atoms in total. The second-order valence-corrected chi connectivity index (χ2v) is 9.74. The van der Waals surface area contributed by atoms with Crippen LogP contribution in [0, 0.1) is 28.6 Å². The van der Waals surface area contributed by atoms with Gasteiger partial charge in [-0.1, -0.05) is 20.8 Å². The highest BCUT2D eigenvalue weighted by molar-refractivity contribution is 5.92. The normalized spacial score (nSPS) is 22.3. The maximum Gasteiger partial charge on any atom is 0.220 e. The Bertz CT molecular complexity index is 954. The summed E-state index contributed by atoms with van der Waals surface area (Å²) in [6, 6.07) is 6.17. The van der Waals surface area contributed by atoms with Crippen LogP contribution in [-0.2, 0) is 4.79 Å². The Balaban J connectivity index is 1.61. The van der Waals surface area contributed by atoms with Crippen LogP contribution in [0.1, 0.15) is 52.0 Å². The summed E-state index contributed by atoms with van der Waals surface area (Å²) in [5.41, 5.74) is 2.94. The lowest BCUT2D eigenvalue weighted by atomic mass is 9.88. The number of anilines is 1. The molecule has 1 aromatic carbocycles. The number of carbonyl (C=O) groups is 1. The lowest BCUT2D eigenvalue weighted by Gasteiger charge is -2.40. The van der Waals surface area contributed by atoms with Crippen LogP contribution < -0.4 is 10.2 Å². The molecule has 0 unspecified atom stereocenters. The minimum Gasteiger partial charge on any atom is -0.367 e. The smallest absolute Gasteiger partial charge is 0.220 e. The van der Waals surface area contributed by atoms with Crippen molar-refractivity contribution >= 4 is 22.6 Å². The molecule has 2 aromatic rings. The summed E-state index contributed by atoms with van der Waals surface area (Å²) in [6.45, 7) is 8.00. The number of nitrogens with one attached hydrogen (secondary N) is 1. The standard InChI is InChI=1S/C23H29N5O/c1-23(2,3)11-20(29)27-18-10-17(15-4-5-15)13-28(14-18)19-7-6-16(12-24)21-22(19)26-9-8-25-21/h6-9,15,17-18H,4-5,10-11,13-14H2,1-3H3,(H,27,29)/t17-,18+/m0/s1. The first-order valence-electron chi connectivity index (χ1n) is 10.5. The van der Waals surface area contributed by atoms with Gasteiger partial charge in [0.25, 0.3) is 0 Å². The summed E-state index contributed by atoms with van der Waals surface area (Å²) in [7, 11) is 0. The third kappa shape index (κ3) is 4.50. The molecule has 1 aliphatic heterocycles. The molecule has 1 aliphatic carbocycles. The first-order chi connectivity index (χ1) is 13.8. The zero-order valence-electron chi connectivity index (χ0n) is 17.5. The molecular formula is C23H29N5O. The van der Waals surface area contributed by atoms with Gasteiger partial charge in [-0.2, -0.15) is 5.26 Å². The van der Waals surface area contributed by atoms with Crippen LogP contribution in [0.4, 0.5) is 5.69 Å². The first kappa shape index (κ1) is 19.6. The van der Waals surface area contributed by atoms with Gasteiger partial charge in [-0.25, -0.2) is 0 Å². The van der Waals surface area contributed by atoms with E-state index in [2.05, 4.69) is 47.0 Å². The lowest BCUT2D eigenvalue weighted by Crippen LogP contribution is -2.51. The molecule has 29 heavy (non-hydrogen) atoms. The van der Waals surface area contributed by atoms with E-state index in [9.17, 15) is 10.1 Å². The molecule has 1 saturated heterocycles. The topological polar surface area (TPSA) is 81.9 Å². The number of benzene rings is 1. The predicted molar refractivity (Wildman–Crippen MR) is 113 cm³/mol. The van der Waals surface area contributed by atoms with Crippen molar-refractivity contribution in [2.45, 2.75) is 52.5 Å². The van der Waals surface area contributed by atoms with E-state index in [4.69, 9.17) is 0 Å². The van der Waals surface area contributed by atoms with Crippen LogP contribution >= 0.6 is 0 Å². The fourth-order valence-corrected chi connectivity index (χ4v) is 4.50. The molecule has 152 valence electrons. The molecule has 0 bridgehead atoms. The van der Waals surface area contributed by atoms with E-state index in [1.54, 1.807) is 12.4 Å². The van der Waals surface area contributed by atoms with E-state index in [-0.39, 0.29) is 17.4 Å². The maximum absolute atomic E-state index is 12.6. The van der Waals surface area contributed by atoms with Crippen molar-refractivity contribution in [1.29, 1.82) is 5.26 Å². The average molecular weight is 392 g/mol. The number of nitrogens with zero attached hydrogens (tertiary/aromatic N) is 4. The Kier molecular flexibility index (Phi) is 5.16. The van der Waals surface area contributed by atoms with Crippen molar-refractivity contribution in [3.8, 4) is 6.07 Å². The van der Waals surface area contributed by atoms with Crippen molar-refractivity contribution in [2.75, 3.05) is 18.0 Å². The molecular weight excluding hydrogens is 362 g/mol. The van der Waals surface area contributed by atoms with Crippen molar-refractivity contribution in [1.82, 2.24) is 15.3 Å². The van der Waals surface area contributed by atoms with Gasteiger partial charge >= 0.3 is 0 Å². The van der Waals surface area contributed by atoms with E-state index in [1.807, 2.05) is 12.1 Å². The van der Waals surface area contributed by atoms with Gasteiger partial charge in [-0.05, 0) is 48.6 Å². The third-order valence-corrected chi connectivity index (χ3v) is 5.89. The number of amides is 1. The summed E-state index contributed by atoms with van der Waals surface area (Å²) in [5, 5.41) is 12.7. The van der Waals surface area contributed by atoms with Gasteiger partial charge in [0.2, 0.25) is 5.91 Å². The molecule has 1 amide bonds. The Morgan fingerprint density at radius 3 is 2.55 bits per heavy atom. The number of nitriles is 1. The minimum atomic E-state index is -0.0206. The molecule has 2 atom stereocenters. The number of rotatable bonds is 4. The highest BCUT2D eigenvalue weighted by Crippen LogP contribution is 2.42. The van der Waals surface area contributed by atoms with Gasteiger partial charge in [0, 0.05) is 37.9 Å². The maximum atomic E-state index is 12.6. The number of aromatic nitrogens is 2. The molecule has 1 N–H and O–H groups in total. The number of piperidine rings is 1. The molecule has 1 saturated carbocycles. The first-order valence-corrected chi connectivity index (χ1v) is 10.5. The Labute approximate surface area is 172 Å². The molecule has 4 rings (SSSR count). The van der Waals surface area contributed by atoms with E-state index < -0.39 is 0 Å². The van der Waals surface area contributed by atoms with Crippen molar-refractivity contribution in [2.24, 2.45) is 17.3 Å². The van der Waals surface area contributed by atoms with E-state index in [0.29, 0.717) is 23.4 Å². The van der Waals surface area contributed by atoms with Crippen molar-refractivity contribution < 1.29 is 4.79 Å². The molecule has 2 fully saturated rings. The van der Waals surface area contributed by atoms with Crippen molar-refractivity contribution in [3.05, 3.63) is 30.1 Å². The van der Waals surface area contributed by atoms with Gasteiger partial charge < -0.3 is 10.2 Å². The van der Waals surface area contributed by atoms with Gasteiger partial charge in [0.05, 0.1) is 11.3 Å². The zero-order valence-corrected chi connectivity index (χ0v) is 17.5. The lowest BCUT2D eigenvalue weighted by molar-refractivity contribution is -0.123. The van der Waals surface area contributed by atoms with Crippen LogP contribution in [-0.4, -0.2) is 35.0 Å². The van der Waals surface area contributed by atoms with E-state index in [0.717, 1.165) is 36.6 Å². The van der Waals surface area contributed by atoms with Crippen LogP contribution in [0.5, 0.6) is 0 Å². The second kappa shape index (κ2) is 7.62. The van der Waals surface area contributed by atoms with Gasteiger partial charge in [0.1, 0.15) is 17.1 Å². The SMILES string of the molecule is CC(C)(C)CC(=O)N[C@@H]1C[C@H](C2CC2)CN(c2ccc(C#N)c3nccnc23)C1. The Hall–Kier alpha value is -2.68. The van der Waals surface area contributed by atoms with E-state index >= 15 is 0 Å².